The third-order valence-electron chi connectivity index (χ3n) is 5.78. The highest BCUT2D eigenvalue weighted by Gasteiger charge is 2.39. The van der Waals surface area contributed by atoms with Gasteiger partial charge in [-0.2, -0.15) is 33.9 Å². The topological polar surface area (TPSA) is 112 Å². The number of halogens is 3. The average Bonchev–Trinajstić information content (AvgIpc) is 3.52. The number of fused-ring (bicyclic) bond motifs is 1. The Balaban J connectivity index is 1.75. The van der Waals surface area contributed by atoms with Gasteiger partial charge in [-0.3, -0.25) is 9.48 Å². The molecule has 3 aromatic heterocycles. The Labute approximate surface area is 180 Å². The van der Waals surface area contributed by atoms with Crippen LogP contribution in [0.3, 0.4) is 0 Å². The van der Waals surface area contributed by atoms with Crippen LogP contribution in [0.1, 0.15) is 43.7 Å². The molecule has 1 fully saturated rings. The zero-order chi connectivity index (χ0) is 22.9. The van der Waals surface area contributed by atoms with E-state index in [1.807, 2.05) is 6.07 Å². The van der Waals surface area contributed by atoms with Gasteiger partial charge in [-0.05, 0) is 30.9 Å². The molecule has 1 saturated carbocycles. The fourth-order valence-electron chi connectivity index (χ4n) is 4.29. The molecule has 3 heterocycles. The number of carbonyl (C=O) groups is 1. The van der Waals surface area contributed by atoms with E-state index in [4.69, 9.17) is 0 Å². The largest absolute Gasteiger partial charge is 0.471 e. The van der Waals surface area contributed by atoms with Crippen molar-refractivity contribution in [1.82, 2.24) is 19.4 Å². The molecule has 0 radical (unpaired) electrons. The molecule has 1 atom stereocenters. The number of anilines is 1. The zero-order valence-corrected chi connectivity index (χ0v) is 16.8. The van der Waals surface area contributed by atoms with Crippen molar-refractivity contribution in [2.24, 2.45) is 5.92 Å². The third kappa shape index (κ3) is 3.89. The molecule has 4 rings (SSSR count). The Morgan fingerprint density at radius 2 is 1.97 bits per heavy atom. The minimum absolute atomic E-state index is 0.0898. The molecule has 1 amide bonds. The van der Waals surface area contributed by atoms with Crippen LogP contribution in [0, 0.1) is 28.6 Å². The number of hydrogen-bond acceptors (Lipinski definition) is 5. The van der Waals surface area contributed by atoms with Crippen LogP contribution < -0.4 is 5.32 Å². The number of nitrogens with zero attached hydrogens (tertiary/aromatic N) is 6. The molecular weight excluding hydrogens is 423 g/mol. The standard InChI is InChI=1S/C21H18F3N7O/c22-21(23,24)20(32)29-18-6-5-17-19(14(9-26)10-28-31(17)18)15-11-27-30(12-15)16(7-8-25)13-3-1-2-4-13/h5-6,10-13,16H,1-4,7H2,(H,29,32). The molecule has 1 aliphatic carbocycles. The SMILES string of the molecule is N#CCC(C1CCCC1)n1cc(-c2c(C#N)cnn3c(NC(=O)C(F)(F)F)ccc23)cn1. The molecule has 1 aliphatic rings. The van der Waals surface area contributed by atoms with E-state index < -0.39 is 12.1 Å². The summed E-state index contributed by atoms with van der Waals surface area (Å²) in [4.78, 5) is 11.4. The molecular formula is C21H18F3N7O. The van der Waals surface area contributed by atoms with E-state index in [-0.39, 0.29) is 17.4 Å². The van der Waals surface area contributed by atoms with Crippen molar-refractivity contribution in [3.05, 3.63) is 36.3 Å². The number of rotatable bonds is 5. The summed E-state index contributed by atoms with van der Waals surface area (Å²) >= 11 is 0. The maximum atomic E-state index is 12.7. The van der Waals surface area contributed by atoms with Crippen molar-refractivity contribution < 1.29 is 18.0 Å². The van der Waals surface area contributed by atoms with Crippen LogP contribution in [-0.4, -0.2) is 31.5 Å². The molecule has 1 unspecified atom stereocenters. The van der Waals surface area contributed by atoms with Crippen LogP contribution in [0.25, 0.3) is 16.6 Å². The molecule has 0 aliphatic heterocycles. The van der Waals surface area contributed by atoms with Gasteiger partial charge in [-0.1, -0.05) is 12.8 Å². The van der Waals surface area contributed by atoms with Crippen LogP contribution >= 0.6 is 0 Å². The molecule has 0 spiro atoms. The number of aromatic nitrogens is 4. The van der Waals surface area contributed by atoms with Crippen LogP contribution in [0.2, 0.25) is 0 Å². The van der Waals surface area contributed by atoms with Crippen LogP contribution in [0.5, 0.6) is 0 Å². The smallest absolute Gasteiger partial charge is 0.303 e. The van der Waals surface area contributed by atoms with Crippen molar-refractivity contribution in [2.45, 2.75) is 44.3 Å². The monoisotopic (exact) mass is 441 g/mol. The number of alkyl halides is 3. The lowest BCUT2D eigenvalue weighted by Gasteiger charge is -2.21. The Morgan fingerprint density at radius 1 is 1.22 bits per heavy atom. The molecule has 11 heteroatoms. The first kappa shape index (κ1) is 21.4. The second-order valence-electron chi connectivity index (χ2n) is 7.70. The third-order valence-corrected chi connectivity index (χ3v) is 5.78. The number of amides is 1. The minimum Gasteiger partial charge on any atom is -0.303 e. The summed E-state index contributed by atoms with van der Waals surface area (Å²) in [5.74, 6) is -1.95. The predicted octanol–water partition coefficient (Wildman–Crippen LogP) is 4.22. The Hall–Kier alpha value is -3.86. The fourth-order valence-corrected chi connectivity index (χ4v) is 4.29. The van der Waals surface area contributed by atoms with Gasteiger partial charge in [0.2, 0.25) is 0 Å². The quantitative estimate of drug-likeness (QED) is 0.637. The van der Waals surface area contributed by atoms with E-state index >= 15 is 0 Å². The minimum atomic E-state index is -5.04. The first-order valence-corrected chi connectivity index (χ1v) is 10.0. The summed E-state index contributed by atoms with van der Waals surface area (Å²) in [6.45, 7) is 0. The van der Waals surface area contributed by atoms with Gasteiger partial charge in [0.25, 0.3) is 0 Å². The first-order chi connectivity index (χ1) is 15.3. The van der Waals surface area contributed by atoms with Crippen molar-refractivity contribution in [2.75, 3.05) is 5.32 Å². The number of nitriles is 2. The first-order valence-electron chi connectivity index (χ1n) is 10.0. The van der Waals surface area contributed by atoms with Crippen LogP contribution in [0.15, 0.2) is 30.7 Å². The fraction of sp³-hybridized carbons (Fsp3) is 0.381. The van der Waals surface area contributed by atoms with Gasteiger partial charge in [0.05, 0.1) is 42.0 Å². The Kier molecular flexibility index (Phi) is 5.57. The molecule has 32 heavy (non-hydrogen) atoms. The summed E-state index contributed by atoms with van der Waals surface area (Å²) in [6.07, 6.45) is 4.07. The van der Waals surface area contributed by atoms with E-state index in [1.54, 1.807) is 22.4 Å². The van der Waals surface area contributed by atoms with Crippen molar-refractivity contribution in [3.63, 3.8) is 0 Å². The maximum absolute atomic E-state index is 12.7. The van der Waals surface area contributed by atoms with Crippen LogP contribution in [-0.2, 0) is 4.79 Å². The van der Waals surface area contributed by atoms with Crippen molar-refractivity contribution in [1.29, 1.82) is 10.5 Å². The summed E-state index contributed by atoms with van der Waals surface area (Å²) < 4.78 is 40.8. The van der Waals surface area contributed by atoms with Crippen molar-refractivity contribution in [3.8, 4) is 23.3 Å². The summed E-state index contributed by atoms with van der Waals surface area (Å²) in [5.41, 5.74) is 1.56. The number of nitrogens with one attached hydrogen (secondary N) is 1. The van der Waals surface area contributed by atoms with E-state index in [2.05, 4.69) is 16.3 Å². The summed E-state index contributed by atoms with van der Waals surface area (Å²) in [5, 5.41) is 29.1. The molecule has 8 nitrogen and oxygen atoms in total. The molecule has 1 N–H and O–H groups in total. The lowest BCUT2D eigenvalue weighted by molar-refractivity contribution is -0.167. The van der Waals surface area contributed by atoms with Crippen LogP contribution in [0.4, 0.5) is 19.0 Å². The number of hydrogen-bond donors (Lipinski definition) is 1. The van der Waals surface area contributed by atoms with Gasteiger partial charge in [0, 0.05) is 17.3 Å². The van der Waals surface area contributed by atoms with Gasteiger partial charge in [-0.15, -0.1) is 0 Å². The molecule has 0 saturated heterocycles. The summed E-state index contributed by atoms with van der Waals surface area (Å²) in [6, 6.07) is 6.95. The second-order valence-corrected chi connectivity index (χ2v) is 7.70. The van der Waals surface area contributed by atoms with Gasteiger partial charge in [0.1, 0.15) is 11.9 Å². The second kappa shape index (κ2) is 8.35. The van der Waals surface area contributed by atoms with E-state index in [9.17, 15) is 28.5 Å². The van der Waals surface area contributed by atoms with Gasteiger partial charge >= 0.3 is 12.1 Å². The highest BCUT2D eigenvalue weighted by atomic mass is 19.4. The van der Waals surface area contributed by atoms with Gasteiger partial charge in [-0.25, -0.2) is 4.52 Å². The molecule has 3 aromatic rings. The Morgan fingerprint density at radius 3 is 2.62 bits per heavy atom. The lowest BCUT2D eigenvalue weighted by Crippen LogP contribution is -2.30. The average molecular weight is 441 g/mol. The van der Waals surface area contributed by atoms with Gasteiger partial charge < -0.3 is 5.32 Å². The van der Waals surface area contributed by atoms with E-state index in [0.717, 1.165) is 30.2 Å². The van der Waals surface area contributed by atoms with Crippen molar-refractivity contribution >= 4 is 17.2 Å². The number of carbonyl (C=O) groups excluding carboxylic acids is 1. The Bertz CT molecular complexity index is 1240. The maximum Gasteiger partial charge on any atom is 0.471 e. The molecule has 0 aromatic carbocycles. The van der Waals surface area contributed by atoms with Gasteiger partial charge in [0.15, 0.2) is 0 Å². The molecule has 0 bridgehead atoms. The lowest BCUT2D eigenvalue weighted by atomic mass is 9.96. The highest BCUT2D eigenvalue weighted by molar-refractivity contribution is 5.95. The highest BCUT2D eigenvalue weighted by Crippen LogP contribution is 2.37. The van der Waals surface area contributed by atoms with E-state index in [0.29, 0.717) is 29.0 Å². The predicted molar refractivity (Wildman–Crippen MR) is 107 cm³/mol. The zero-order valence-electron chi connectivity index (χ0n) is 16.8. The van der Waals surface area contributed by atoms with E-state index in [1.165, 1.54) is 18.3 Å². The molecule has 164 valence electrons. The normalized spacial score (nSPS) is 15.4. The summed E-state index contributed by atoms with van der Waals surface area (Å²) in [7, 11) is 0.